The Balaban J connectivity index is 1.42. The van der Waals surface area contributed by atoms with Crippen molar-refractivity contribution >= 4 is 52.3 Å². The highest BCUT2D eigenvalue weighted by Crippen LogP contribution is 2.26. The summed E-state index contributed by atoms with van der Waals surface area (Å²) in [7, 11) is 0. The van der Waals surface area contributed by atoms with Gasteiger partial charge in [-0.1, -0.05) is 58.0 Å². The number of nitrogens with zero attached hydrogens (tertiary/aromatic N) is 1. The Morgan fingerprint density at radius 3 is 1.89 bits per heavy atom. The zero-order valence-corrected chi connectivity index (χ0v) is 31.5. The average molecular weight is 748 g/mol. The van der Waals surface area contributed by atoms with Crippen molar-refractivity contribution in [2.45, 2.75) is 84.8 Å². The third-order valence-corrected chi connectivity index (χ3v) is 8.30. The minimum atomic E-state index is -1.40. The highest BCUT2D eigenvalue weighted by atomic mass is 16.2. The number of hydrogen-bond acceptors (Lipinski definition) is 8. The molecule has 1 heterocycles. The molecule has 0 saturated carbocycles. The number of nitrogens with two attached hydrogens (primary N) is 1. The van der Waals surface area contributed by atoms with Crippen LogP contribution in [0.3, 0.4) is 0 Å². The van der Waals surface area contributed by atoms with Crippen LogP contribution in [0.1, 0.15) is 77.1 Å². The lowest BCUT2D eigenvalue weighted by molar-refractivity contribution is -0.135. The number of aromatic amines is 1. The van der Waals surface area contributed by atoms with Crippen LogP contribution in [-0.4, -0.2) is 89.3 Å². The van der Waals surface area contributed by atoms with Crippen molar-refractivity contribution in [3.05, 3.63) is 54.1 Å². The van der Waals surface area contributed by atoms with E-state index >= 15 is 0 Å². The topological polar surface area (TPSA) is 246 Å². The lowest BCUT2D eigenvalue weighted by atomic mass is 10.0. The van der Waals surface area contributed by atoms with Gasteiger partial charge in [-0.2, -0.15) is 5.10 Å². The van der Waals surface area contributed by atoms with Crippen LogP contribution in [0.4, 0.5) is 0 Å². The maximum absolute atomic E-state index is 13.3. The van der Waals surface area contributed by atoms with Crippen LogP contribution >= 0.6 is 0 Å². The van der Waals surface area contributed by atoms with Crippen molar-refractivity contribution in [3.8, 4) is 11.3 Å². The van der Waals surface area contributed by atoms with Gasteiger partial charge < -0.3 is 37.6 Å². The molecule has 0 aliphatic heterocycles. The number of benzene rings is 2. The summed E-state index contributed by atoms with van der Waals surface area (Å²) in [6.07, 6.45) is 1.13. The summed E-state index contributed by atoms with van der Waals surface area (Å²) in [6.45, 7) is 9.03. The average Bonchev–Trinajstić information content (AvgIpc) is 3.54. The number of fused-ring (bicyclic) bond motifs is 1. The third-order valence-electron chi connectivity index (χ3n) is 8.30. The summed E-state index contributed by atoms with van der Waals surface area (Å²) < 4.78 is 0. The van der Waals surface area contributed by atoms with Crippen molar-refractivity contribution in [1.29, 1.82) is 0 Å². The molecule has 1 unspecified atom stereocenters. The molecule has 16 nitrogen and oxygen atoms in total. The Labute approximate surface area is 314 Å². The normalized spacial score (nSPS) is 12.7. The van der Waals surface area contributed by atoms with Crippen molar-refractivity contribution in [3.63, 3.8) is 0 Å². The quantitative estimate of drug-likeness (QED) is 0.0739. The van der Waals surface area contributed by atoms with Crippen LogP contribution in [0.5, 0.6) is 0 Å². The molecule has 3 rings (SSSR count). The molecule has 3 atom stereocenters. The van der Waals surface area contributed by atoms with Gasteiger partial charge in [-0.05, 0) is 55.7 Å². The fraction of sp³-hybridized carbons (Fsp3) is 0.474. The number of carbonyl (C=O) groups excluding carboxylic acids is 7. The van der Waals surface area contributed by atoms with Gasteiger partial charge in [-0.3, -0.25) is 38.7 Å². The number of aromatic nitrogens is 2. The third kappa shape index (κ3) is 14.0. The van der Waals surface area contributed by atoms with E-state index < -0.39 is 60.0 Å². The van der Waals surface area contributed by atoms with E-state index in [9.17, 15) is 33.6 Å². The van der Waals surface area contributed by atoms with E-state index in [1.54, 1.807) is 12.1 Å². The maximum atomic E-state index is 13.3. The number of rotatable bonds is 21. The minimum Gasteiger partial charge on any atom is -0.370 e. The number of unbranched alkanes of at least 4 members (excludes halogenated alkanes) is 1. The highest BCUT2D eigenvalue weighted by molar-refractivity contribution is 5.98. The molecular formula is C38H53N9O7. The molecule has 7 amide bonds. The molecule has 0 radical (unpaired) electrons. The lowest BCUT2D eigenvalue weighted by Gasteiger charge is -2.26. The van der Waals surface area contributed by atoms with Crippen LogP contribution in [0, 0.1) is 11.8 Å². The van der Waals surface area contributed by atoms with E-state index in [2.05, 4.69) is 42.1 Å². The van der Waals surface area contributed by atoms with E-state index in [1.807, 2.05) is 64.1 Å². The summed E-state index contributed by atoms with van der Waals surface area (Å²) in [5.74, 6) is -4.08. The van der Waals surface area contributed by atoms with Gasteiger partial charge in [-0.25, -0.2) is 0 Å². The van der Waals surface area contributed by atoms with Gasteiger partial charge in [0.25, 0.3) is 5.91 Å². The molecule has 292 valence electrons. The van der Waals surface area contributed by atoms with Crippen LogP contribution in [0.15, 0.2) is 48.5 Å². The molecule has 0 fully saturated rings. The maximum Gasteiger partial charge on any atom is 0.251 e. The van der Waals surface area contributed by atoms with Gasteiger partial charge in [0.05, 0.1) is 24.2 Å². The molecular weight excluding hydrogens is 694 g/mol. The number of hydrogen-bond donors (Lipinski definition) is 8. The van der Waals surface area contributed by atoms with Crippen LogP contribution in [0.2, 0.25) is 0 Å². The molecule has 54 heavy (non-hydrogen) atoms. The number of nitrogens with one attached hydrogen (secondary N) is 7. The number of H-pyrrole nitrogens is 1. The second-order valence-corrected chi connectivity index (χ2v) is 14.0. The molecule has 16 heteroatoms. The fourth-order valence-electron chi connectivity index (χ4n) is 5.70. The van der Waals surface area contributed by atoms with E-state index in [-0.39, 0.29) is 37.1 Å². The molecule has 0 aliphatic carbocycles. The Bertz CT molecular complexity index is 1770. The molecule has 0 aliphatic rings. The van der Waals surface area contributed by atoms with E-state index in [0.29, 0.717) is 31.5 Å². The van der Waals surface area contributed by atoms with Gasteiger partial charge in [0.2, 0.25) is 35.4 Å². The summed E-state index contributed by atoms with van der Waals surface area (Å²) >= 11 is 0. The second kappa shape index (κ2) is 21.0. The first-order chi connectivity index (χ1) is 25.6. The van der Waals surface area contributed by atoms with E-state index in [0.717, 1.165) is 22.2 Å². The van der Waals surface area contributed by atoms with Gasteiger partial charge in [0, 0.05) is 36.5 Å². The van der Waals surface area contributed by atoms with Crippen LogP contribution in [-0.2, 0) is 28.8 Å². The van der Waals surface area contributed by atoms with E-state index in [1.165, 1.54) is 6.92 Å². The molecule has 3 aromatic rings. The Morgan fingerprint density at radius 2 is 1.28 bits per heavy atom. The standard InChI is InChI=1S/C38H53N9O7/c1-22(2)18-29(44-38(54)31(20-32(39)49)45-37(53)30(19-23(3)4)43-24(5)48)36(52)42-21-33(50)40-16-8-9-17-41-35(51)26-14-12-25(13-15-26)34-27-10-6-7-11-28(27)46-47-34/h6-7,10-15,22-23,29-31H,8-9,16-21H2,1-5H3,(H2,39,49)(H,40,50)(H,41,51)(H,42,52)(H,43,48)(H,44,54)(H,45,53)(H,46,47)/t29-,30-,31?/m0/s1. The predicted octanol–water partition coefficient (Wildman–Crippen LogP) is 1.41. The Kier molecular flexibility index (Phi) is 16.6. The largest absolute Gasteiger partial charge is 0.370 e. The first kappa shape index (κ1) is 42.6. The minimum absolute atomic E-state index is 0.0332. The number of primary amides is 1. The monoisotopic (exact) mass is 747 g/mol. The van der Waals surface area contributed by atoms with Crippen LogP contribution < -0.4 is 37.6 Å². The molecule has 1 aromatic heterocycles. The van der Waals surface area contributed by atoms with Gasteiger partial charge in [-0.15, -0.1) is 0 Å². The molecule has 0 saturated heterocycles. The predicted molar refractivity (Wildman–Crippen MR) is 203 cm³/mol. The summed E-state index contributed by atoms with van der Waals surface area (Å²) in [5.41, 5.74) is 8.49. The number of para-hydroxylation sites is 1. The smallest absolute Gasteiger partial charge is 0.251 e. The van der Waals surface area contributed by atoms with E-state index in [4.69, 9.17) is 5.73 Å². The highest BCUT2D eigenvalue weighted by Gasteiger charge is 2.31. The van der Waals surface area contributed by atoms with Crippen molar-refractivity contribution < 1.29 is 33.6 Å². The zero-order valence-electron chi connectivity index (χ0n) is 31.5. The Hall–Kier alpha value is -5.80. The molecule has 0 spiro atoms. The van der Waals surface area contributed by atoms with Crippen molar-refractivity contribution in [1.82, 2.24) is 42.1 Å². The SMILES string of the molecule is CC(=O)N[C@@H](CC(C)C)C(=O)NC(CC(N)=O)C(=O)N[C@@H](CC(C)C)C(=O)NCC(=O)NCCCCNC(=O)c1ccc(-c2n[nH]c3ccccc23)cc1. The van der Waals surface area contributed by atoms with Crippen molar-refractivity contribution in [2.24, 2.45) is 17.6 Å². The van der Waals surface area contributed by atoms with Gasteiger partial charge in [0.15, 0.2) is 0 Å². The van der Waals surface area contributed by atoms with Gasteiger partial charge >= 0.3 is 0 Å². The lowest BCUT2D eigenvalue weighted by Crippen LogP contribution is -2.58. The zero-order chi connectivity index (χ0) is 39.8. The van der Waals surface area contributed by atoms with Gasteiger partial charge in [0.1, 0.15) is 18.1 Å². The summed E-state index contributed by atoms with van der Waals surface area (Å²) in [5, 5.41) is 24.1. The molecule has 0 bridgehead atoms. The van der Waals surface area contributed by atoms with Crippen molar-refractivity contribution in [2.75, 3.05) is 19.6 Å². The molecule has 2 aromatic carbocycles. The summed E-state index contributed by atoms with van der Waals surface area (Å²) in [4.78, 5) is 87.9. The summed E-state index contributed by atoms with van der Waals surface area (Å²) in [6, 6.07) is 11.6. The van der Waals surface area contributed by atoms with Crippen LogP contribution in [0.25, 0.3) is 22.2 Å². The first-order valence-electron chi connectivity index (χ1n) is 18.2. The fourth-order valence-corrected chi connectivity index (χ4v) is 5.70. The number of amides is 7. The molecule has 9 N–H and O–H groups in total. The second-order valence-electron chi connectivity index (χ2n) is 14.0. The first-order valence-corrected chi connectivity index (χ1v) is 18.2. The Morgan fingerprint density at radius 1 is 0.704 bits per heavy atom. The number of carbonyl (C=O) groups is 7.